The molecular weight excluding hydrogens is 615 g/mol. The maximum absolute atomic E-state index is 4.89. The van der Waals surface area contributed by atoms with Crippen LogP contribution in [0.3, 0.4) is 0 Å². The SMILES string of the molecule is C=C/C=C(\C=C/C)C1=CC(c2cc(-c3ccc(/C(C=C)=C(C)\C=C/CC)cc3)cc(-c3cccc(C(C)=NC(=C)c4ccccc4)c3)c2)=CCC1. The van der Waals surface area contributed by atoms with Crippen molar-refractivity contribution in [2.24, 2.45) is 4.99 Å². The van der Waals surface area contributed by atoms with Gasteiger partial charge >= 0.3 is 0 Å². The van der Waals surface area contributed by atoms with Gasteiger partial charge in [0, 0.05) is 5.71 Å². The standard InChI is InChI=1S/C50H49N/c1-8-12-20-36(5)50(11-4)42-29-27-41(28-30-42)47-33-48(35-49(34-47)46-26-17-24-44(32-46)40(18-9-2)19-10-3)45-25-16-23-43(31-45)38(7)51-37(6)39-21-14-13-15-22-39/h9-16,18-23,25-35H,2,4,6,8,17,24H2,1,3,5,7H3/b19-10-,20-12-,40-18+,50-36-,51-38?. The Labute approximate surface area is 306 Å². The highest BCUT2D eigenvalue weighted by atomic mass is 14.7. The predicted octanol–water partition coefficient (Wildman–Crippen LogP) is 14.2. The first-order valence-corrected chi connectivity index (χ1v) is 17.9. The van der Waals surface area contributed by atoms with Gasteiger partial charge in [-0.25, -0.2) is 0 Å². The number of rotatable bonds is 13. The summed E-state index contributed by atoms with van der Waals surface area (Å²) in [4.78, 5) is 4.89. The fraction of sp³-hybridized carbons (Fsp3) is 0.140. The van der Waals surface area contributed by atoms with Crippen LogP contribution >= 0.6 is 0 Å². The van der Waals surface area contributed by atoms with E-state index in [9.17, 15) is 0 Å². The molecule has 1 aliphatic carbocycles. The van der Waals surface area contributed by atoms with E-state index in [1.54, 1.807) is 0 Å². The molecule has 0 radical (unpaired) electrons. The van der Waals surface area contributed by atoms with Crippen molar-refractivity contribution >= 4 is 22.6 Å². The topological polar surface area (TPSA) is 12.4 Å². The number of hydrogen-bond acceptors (Lipinski definition) is 1. The van der Waals surface area contributed by atoms with Gasteiger partial charge in [-0.15, -0.1) is 0 Å². The van der Waals surface area contributed by atoms with Gasteiger partial charge in [0.05, 0.1) is 5.70 Å². The van der Waals surface area contributed by atoms with Crippen LogP contribution in [0, 0.1) is 0 Å². The molecule has 4 aromatic rings. The zero-order valence-corrected chi connectivity index (χ0v) is 30.6. The van der Waals surface area contributed by atoms with Crippen molar-refractivity contribution in [3.8, 4) is 22.3 Å². The molecule has 0 heterocycles. The Kier molecular flexibility index (Phi) is 12.7. The van der Waals surface area contributed by atoms with E-state index in [-0.39, 0.29) is 0 Å². The van der Waals surface area contributed by atoms with Crippen LogP contribution in [0.4, 0.5) is 0 Å². The minimum atomic E-state index is 0.756. The Morgan fingerprint density at radius 1 is 0.745 bits per heavy atom. The molecule has 0 spiro atoms. The van der Waals surface area contributed by atoms with E-state index in [4.69, 9.17) is 4.99 Å². The molecule has 0 bridgehead atoms. The molecule has 254 valence electrons. The molecule has 0 fully saturated rings. The smallest absolute Gasteiger partial charge is 0.0633 e. The van der Waals surface area contributed by atoms with Gasteiger partial charge in [-0.2, -0.15) is 0 Å². The number of allylic oxidation sites excluding steroid dienone is 14. The monoisotopic (exact) mass is 663 g/mol. The van der Waals surface area contributed by atoms with Crippen LogP contribution in [0.25, 0.3) is 39.1 Å². The maximum Gasteiger partial charge on any atom is 0.0633 e. The second kappa shape index (κ2) is 17.7. The third-order valence-electron chi connectivity index (χ3n) is 9.17. The van der Waals surface area contributed by atoms with E-state index in [2.05, 4.69) is 157 Å². The van der Waals surface area contributed by atoms with Crippen molar-refractivity contribution in [1.82, 2.24) is 0 Å². The van der Waals surface area contributed by atoms with E-state index < -0.39 is 0 Å². The van der Waals surface area contributed by atoms with Gasteiger partial charge < -0.3 is 0 Å². The van der Waals surface area contributed by atoms with Gasteiger partial charge in [0.1, 0.15) is 0 Å². The summed E-state index contributed by atoms with van der Waals surface area (Å²) in [7, 11) is 0. The fourth-order valence-electron chi connectivity index (χ4n) is 6.45. The zero-order chi connectivity index (χ0) is 36.2. The Morgan fingerprint density at radius 3 is 2.14 bits per heavy atom. The molecule has 0 atom stereocenters. The van der Waals surface area contributed by atoms with E-state index >= 15 is 0 Å². The molecule has 5 rings (SSSR count). The fourth-order valence-corrected chi connectivity index (χ4v) is 6.45. The molecule has 0 aromatic heterocycles. The Balaban J connectivity index is 1.61. The van der Waals surface area contributed by atoms with Crippen LogP contribution < -0.4 is 0 Å². The van der Waals surface area contributed by atoms with Gasteiger partial charge in [-0.3, -0.25) is 4.99 Å². The number of benzene rings is 4. The maximum atomic E-state index is 4.89. The molecule has 0 amide bonds. The van der Waals surface area contributed by atoms with Crippen molar-refractivity contribution < 1.29 is 0 Å². The lowest BCUT2D eigenvalue weighted by Gasteiger charge is -2.18. The van der Waals surface area contributed by atoms with Crippen LogP contribution in [0.1, 0.15) is 69.2 Å². The number of aliphatic imine (C=N–C) groups is 1. The first kappa shape index (κ1) is 36.5. The minimum Gasteiger partial charge on any atom is -0.253 e. The molecule has 1 nitrogen and oxygen atoms in total. The van der Waals surface area contributed by atoms with Crippen molar-refractivity contribution in [2.75, 3.05) is 0 Å². The summed E-state index contributed by atoms with van der Waals surface area (Å²) in [6.45, 7) is 20.7. The van der Waals surface area contributed by atoms with Gasteiger partial charge in [-0.05, 0) is 137 Å². The summed E-state index contributed by atoms with van der Waals surface area (Å²) >= 11 is 0. The Morgan fingerprint density at radius 2 is 1.45 bits per heavy atom. The lowest BCUT2D eigenvalue weighted by molar-refractivity contribution is 0.982. The Bertz CT molecular complexity index is 2120. The molecule has 0 unspecified atom stereocenters. The van der Waals surface area contributed by atoms with Gasteiger partial charge in [0.15, 0.2) is 0 Å². The lowest BCUT2D eigenvalue weighted by atomic mass is 9.87. The quantitative estimate of drug-likeness (QED) is 0.0997. The van der Waals surface area contributed by atoms with Crippen molar-refractivity contribution in [2.45, 2.75) is 47.0 Å². The molecule has 0 aliphatic heterocycles. The predicted molar refractivity (Wildman–Crippen MR) is 226 cm³/mol. The highest BCUT2D eigenvalue weighted by molar-refractivity contribution is 6.02. The van der Waals surface area contributed by atoms with Gasteiger partial charge in [0.25, 0.3) is 0 Å². The third-order valence-corrected chi connectivity index (χ3v) is 9.17. The first-order chi connectivity index (χ1) is 24.8. The minimum absolute atomic E-state index is 0.756. The molecule has 4 aromatic carbocycles. The first-order valence-electron chi connectivity index (χ1n) is 17.9. The average molecular weight is 664 g/mol. The van der Waals surface area contributed by atoms with Crippen LogP contribution in [0.15, 0.2) is 193 Å². The zero-order valence-electron chi connectivity index (χ0n) is 30.6. The van der Waals surface area contributed by atoms with Crippen LogP contribution in [0.2, 0.25) is 0 Å². The molecule has 0 N–H and O–H groups in total. The molecule has 1 heteroatoms. The summed E-state index contributed by atoms with van der Waals surface area (Å²) in [5.74, 6) is 0. The van der Waals surface area contributed by atoms with Crippen molar-refractivity contribution in [1.29, 1.82) is 0 Å². The molecule has 0 saturated carbocycles. The van der Waals surface area contributed by atoms with E-state index in [0.717, 1.165) is 64.1 Å². The van der Waals surface area contributed by atoms with Gasteiger partial charge in [-0.1, -0.05) is 154 Å². The Hall–Kier alpha value is -5.79. The third kappa shape index (κ3) is 9.26. The highest BCUT2D eigenvalue weighted by Crippen LogP contribution is 2.36. The summed E-state index contributed by atoms with van der Waals surface area (Å²) in [5, 5.41) is 0. The average Bonchev–Trinajstić information content (AvgIpc) is 3.17. The summed E-state index contributed by atoms with van der Waals surface area (Å²) in [6, 6.07) is 34.7. The normalized spacial score (nSPS) is 14.3. The number of hydrogen-bond donors (Lipinski definition) is 0. The molecule has 51 heavy (non-hydrogen) atoms. The van der Waals surface area contributed by atoms with Crippen molar-refractivity contribution in [3.05, 3.63) is 210 Å². The van der Waals surface area contributed by atoms with Crippen LogP contribution in [-0.2, 0) is 0 Å². The second-order valence-electron chi connectivity index (χ2n) is 12.8. The molecular formula is C50H49N. The molecule has 0 saturated heterocycles. The van der Waals surface area contributed by atoms with Gasteiger partial charge in [0.2, 0.25) is 0 Å². The summed E-state index contributed by atoms with van der Waals surface area (Å²) in [5.41, 5.74) is 16.9. The number of nitrogens with zero attached hydrogens (tertiary/aromatic N) is 1. The largest absolute Gasteiger partial charge is 0.253 e. The highest BCUT2D eigenvalue weighted by Gasteiger charge is 2.14. The lowest BCUT2D eigenvalue weighted by Crippen LogP contribution is -1.97. The van der Waals surface area contributed by atoms with E-state index in [1.807, 2.05) is 42.5 Å². The van der Waals surface area contributed by atoms with Crippen LogP contribution in [-0.4, -0.2) is 5.71 Å². The summed E-state index contributed by atoms with van der Waals surface area (Å²) < 4.78 is 0. The summed E-state index contributed by atoms with van der Waals surface area (Å²) in [6.07, 6.45) is 22.3. The van der Waals surface area contributed by atoms with Crippen molar-refractivity contribution in [3.63, 3.8) is 0 Å². The van der Waals surface area contributed by atoms with E-state index in [0.29, 0.717) is 0 Å². The van der Waals surface area contributed by atoms with E-state index in [1.165, 1.54) is 39.0 Å². The molecule has 1 aliphatic rings. The van der Waals surface area contributed by atoms with Crippen LogP contribution in [0.5, 0.6) is 0 Å². The second-order valence-corrected chi connectivity index (χ2v) is 12.8.